The van der Waals surface area contributed by atoms with Crippen molar-refractivity contribution < 1.29 is 19.8 Å². The predicted octanol–water partition coefficient (Wildman–Crippen LogP) is 1.53. The lowest BCUT2D eigenvalue weighted by molar-refractivity contribution is -0.140. The topological polar surface area (TPSA) is 86.6 Å². The lowest BCUT2D eigenvalue weighted by Crippen LogP contribution is -2.43. The SMILES string of the molecule is O=C(N[C@H](CO)C(=O)O)c1ccc(-c2ccccc2)cc1. The van der Waals surface area contributed by atoms with Gasteiger partial charge in [0.2, 0.25) is 0 Å². The highest BCUT2D eigenvalue weighted by Gasteiger charge is 2.19. The summed E-state index contributed by atoms with van der Waals surface area (Å²) in [5.41, 5.74) is 2.33. The summed E-state index contributed by atoms with van der Waals surface area (Å²) in [5, 5.41) is 19.9. The first-order valence-corrected chi connectivity index (χ1v) is 6.42. The minimum atomic E-state index is -1.30. The molecule has 0 heterocycles. The van der Waals surface area contributed by atoms with Crippen molar-refractivity contribution in [2.45, 2.75) is 6.04 Å². The average Bonchev–Trinajstić information content (AvgIpc) is 2.53. The lowest BCUT2D eigenvalue weighted by Gasteiger charge is -2.11. The Morgan fingerprint density at radius 2 is 1.52 bits per heavy atom. The van der Waals surface area contributed by atoms with E-state index in [2.05, 4.69) is 5.32 Å². The van der Waals surface area contributed by atoms with E-state index in [9.17, 15) is 9.59 Å². The van der Waals surface area contributed by atoms with Gasteiger partial charge in [0.05, 0.1) is 6.61 Å². The van der Waals surface area contributed by atoms with Crippen molar-refractivity contribution in [3.63, 3.8) is 0 Å². The molecule has 0 aliphatic rings. The molecule has 2 aromatic carbocycles. The van der Waals surface area contributed by atoms with Crippen molar-refractivity contribution in [1.82, 2.24) is 5.32 Å². The molecule has 2 rings (SSSR count). The maximum absolute atomic E-state index is 11.9. The molecule has 5 nitrogen and oxygen atoms in total. The monoisotopic (exact) mass is 285 g/mol. The van der Waals surface area contributed by atoms with E-state index in [0.29, 0.717) is 5.56 Å². The normalized spacial score (nSPS) is 11.7. The van der Waals surface area contributed by atoms with Crippen LogP contribution in [0.4, 0.5) is 0 Å². The molecular formula is C16H15NO4. The zero-order valence-corrected chi connectivity index (χ0v) is 11.2. The zero-order chi connectivity index (χ0) is 15.2. The first kappa shape index (κ1) is 14.7. The van der Waals surface area contributed by atoms with Crippen molar-refractivity contribution in [2.24, 2.45) is 0 Å². The molecule has 3 N–H and O–H groups in total. The van der Waals surface area contributed by atoms with Gasteiger partial charge in [0.15, 0.2) is 6.04 Å². The smallest absolute Gasteiger partial charge is 0.328 e. The summed E-state index contributed by atoms with van der Waals surface area (Å²) in [6.45, 7) is -0.650. The lowest BCUT2D eigenvalue weighted by atomic mass is 10.0. The number of hydrogen-bond acceptors (Lipinski definition) is 3. The molecule has 108 valence electrons. The van der Waals surface area contributed by atoms with Crippen LogP contribution in [-0.4, -0.2) is 34.7 Å². The van der Waals surface area contributed by atoms with Crippen molar-refractivity contribution in [2.75, 3.05) is 6.61 Å². The summed E-state index contributed by atoms with van der Waals surface area (Å²) in [4.78, 5) is 22.6. The molecule has 0 aliphatic carbocycles. The molecule has 0 spiro atoms. The van der Waals surface area contributed by atoms with E-state index < -0.39 is 24.5 Å². The van der Waals surface area contributed by atoms with Gasteiger partial charge in [0, 0.05) is 5.56 Å². The highest BCUT2D eigenvalue weighted by atomic mass is 16.4. The molecule has 1 atom stereocenters. The molecule has 0 aliphatic heterocycles. The van der Waals surface area contributed by atoms with Gasteiger partial charge in [-0.3, -0.25) is 4.79 Å². The number of carboxylic acid groups (broad SMARTS) is 1. The first-order valence-electron chi connectivity index (χ1n) is 6.42. The first-order chi connectivity index (χ1) is 10.1. The summed E-state index contributed by atoms with van der Waals surface area (Å²) in [7, 11) is 0. The van der Waals surface area contributed by atoms with Gasteiger partial charge < -0.3 is 15.5 Å². The molecule has 21 heavy (non-hydrogen) atoms. The van der Waals surface area contributed by atoms with Crippen molar-refractivity contribution in [3.05, 3.63) is 60.2 Å². The van der Waals surface area contributed by atoms with Gasteiger partial charge in [0.1, 0.15) is 0 Å². The van der Waals surface area contributed by atoms with Crippen LogP contribution >= 0.6 is 0 Å². The van der Waals surface area contributed by atoms with Gasteiger partial charge in [0.25, 0.3) is 5.91 Å². The molecule has 0 saturated heterocycles. The summed E-state index contributed by atoms with van der Waals surface area (Å²) >= 11 is 0. The Hall–Kier alpha value is -2.66. The van der Waals surface area contributed by atoms with Gasteiger partial charge in [-0.2, -0.15) is 0 Å². The van der Waals surface area contributed by atoms with Gasteiger partial charge >= 0.3 is 5.97 Å². The number of benzene rings is 2. The van der Waals surface area contributed by atoms with Crippen LogP contribution in [0.25, 0.3) is 11.1 Å². The minimum Gasteiger partial charge on any atom is -0.480 e. The molecule has 0 aromatic heterocycles. The van der Waals surface area contributed by atoms with Gasteiger partial charge in [-0.05, 0) is 23.3 Å². The summed E-state index contributed by atoms with van der Waals surface area (Å²) in [6, 6.07) is 15.2. The second kappa shape index (κ2) is 6.67. The van der Waals surface area contributed by atoms with Crippen LogP contribution in [-0.2, 0) is 4.79 Å². The van der Waals surface area contributed by atoms with Crippen molar-refractivity contribution in [3.8, 4) is 11.1 Å². The van der Waals surface area contributed by atoms with Crippen LogP contribution in [0.5, 0.6) is 0 Å². The van der Waals surface area contributed by atoms with Crippen LogP contribution in [0.15, 0.2) is 54.6 Å². The third-order valence-electron chi connectivity index (χ3n) is 3.04. The molecule has 2 aromatic rings. The quantitative estimate of drug-likeness (QED) is 0.777. The molecule has 0 bridgehead atoms. The van der Waals surface area contributed by atoms with Crippen LogP contribution in [0.2, 0.25) is 0 Å². The second-order valence-electron chi connectivity index (χ2n) is 4.49. The van der Waals surface area contributed by atoms with Crippen LogP contribution in [0, 0.1) is 0 Å². The standard InChI is InChI=1S/C16H15NO4/c18-10-14(16(20)21)17-15(19)13-8-6-12(7-9-13)11-4-2-1-3-5-11/h1-9,14,18H,10H2,(H,17,19)(H,20,21)/t14-/m1/s1. The number of aliphatic hydroxyl groups excluding tert-OH is 1. The fraction of sp³-hybridized carbons (Fsp3) is 0.125. The van der Waals surface area contributed by atoms with E-state index in [1.165, 1.54) is 0 Å². The summed E-state index contributed by atoms with van der Waals surface area (Å²) in [6.07, 6.45) is 0. The van der Waals surface area contributed by atoms with E-state index in [-0.39, 0.29) is 0 Å². The van der Waals surface area contributed by atoms with E-state index in [0.717, 1.165) is 11.1 Å². The number of carbonyl (C=O) groups excluding carboxylic acids is 1. The Bertz CT molecular complexity index is 622. The number of carbonyl (C=O) groups is 2. The largest absolute Gasteiger partial charge is 0.480 e. The third kappa shape index (κ3) is 3.67. The zero-order valence-electron chi connectivity index (χ0n) is 11.2. The minimum absolute atomic E-state index is 0.342. The number of hydrogen-bond donors (Lipinski definition) is 3. The maximum Gasteiger partial charge on any atom is 0.328 e. The van der Waals surface area contributed by atoms with Crippen LogP contribution < -0.4 is 5.32 Å². The van der Waals surface area contributed by atoms with Crippen LogP contribution in [0.1, 0.15) is 10.4 Å². The number of rotatable bonds is 5. The summed E-state index contributed by atoms with van der Waals surface area (Å²) in [5.74, 6) is -1.80. The molecule has 0 unspecified atom stereocenters. The molecule has 1 amide bonds. The summed E-state index contributed by atoms with van der Waals surface area (Å²) < 4.78 is 0. The highest BCUT2D eigenvalue weighted by Crippen LogP contribution is 2.19. The van der Waals surface area contributed by atoms with Crippen molar-refractivity contribution in [1.29, 1.82) is 0 Å². The Morgan fingerprint density at radius 1 is 0.952 bits per heavy atom. The molecule has 0 saturated carbocycles. The second-order valence-corrected chi connectivity index (χ2v) is 4.49. The van der Waals surface area contributed by atoms with E-state index in [4.69, 9.17) is 10.2 Å². The van der Waals surface area contributed by atoms with E-state index in [1.807, 2.05) is 30.3 Å². The Kier molecular flexibility index (Phi) is 4.68. The van der Waals surface area contributed by atoms with Crippen molar-refractivity contribution >= 4 is 11.9 Å². The predicted molar refractivity (Wildman–Crippen MR) is 77.9 cm³/mol. The Labute approximate surface area is 121 Å². The van der Waals surface area contributed by atoms with Gasteiger partial charge in [-0.15, -0.1) is 0 Å². The fourth-order valence-electron chi connectivity index (χ4n) is 1.87. The fourth-order valence-corrected chi connectivity index (χ4v) is 1.87. The van der Waals surface area contributed by atoms with E-state index >= 15 is 0 Å². The number of aliphatic hydroxyl groups is 1. The molecular weight excluding hydrogens is 270 g/mol. The number of nitrogens with one attached hydrogen (secondary N) is 1. The number of amides is 1. The number of carboxylic acids is 1. The Morgan fingerprint density at radius 3 is 2.05 bits per heavy atom. The average molecular weight is 285 g/mol. The number of aliphatic carboxylic acids is 1. The molecule has 0 radical (unpaired) electrons. The maximum atomic E-state index is 11.9. The van der Waals surface area contributed by atoms with E-state index in [1.54, 1.807) is 24.3 Å². The van der Waals surface area contributed by atoms with Gasteiger partial charge in [-0.25, -0.2) is 4.79 Å². The highest BCUT2D eigenvalue weighted by molar-refractivity contribution is 5.97. The molecule has 5 heteroatoms. The van der Waals surface area contributed by atoms with Crippen LogP contribution in [0.3, 0.4) is 0 Å². The molecule has 0 fully saturated rings. The van der Waals surface area contributed by atoms with Gasteiger partial charge in [-0.1, -0.05) is 42.5 Å². The Balaban J connectivity index is 2.12. The third-order valence-corrected chi connectivity index (χ3v) is 3.04.